The maximum absolute atomic E-state index is 12.9. The third kappa shape index (κ3) is 58.3. The number of unbranched alkanes of at least 4 members (excludes halogenated alkanes) is 19. The van der Waals surface area contributed by atoms with Gasteiger partial charge in [-0.15, -0.1) is 0 Å². The summed E-state index contributed by atoms with van der Waals surface area (Å²) in [5, 5.41) is 0. The van der Waals surface area contributed by atoms with Crippen LogP contribution in [0.2, 0.25) is 0 Å². The van der Waals surface area contributed by atoms with Crippen LogP contribution in [-0.2, 0) is 28.6 Å². The van der Waals surface area contributed by atoms with Crippen molar-refractivity contribution in [3.63, 3.8) is 0 Å². The van der Waals surface area contributed by atoms with Gasteiger partial charge in [0.1, 0.15) is 13.2 Å². The smallest absolute Gasteiger partial charge is 0.306 e. The average molecular weight is 1010 g/mol. The maximum Gasteiger partial charge on any atom is 0.306 e. The number of carbonyl (C=O) groups is 3. The standard InChI is InChI=1S/C67H108O6/c1-4-7-10-13-16-19-22-25-28-29-30-31-32-33-34-35-36-37-40-42-45-48-51-54-57-60-66(69)72-63-64(73-67(70)61-58-55-52-49-46-43-39-27-24-21-18-15-12-9-6-3)62-71-65(68)59-56-53-50-47-44-41-38-26-23-20-17-14-11-8-5-2/h7,10,16-21,25-28,30-31,33-34,36-39,42,45,64H,4-6,8-9,11-15,22-24,29,32,35,40-41,43-44,46-63H2,1-3H3/b10-7-,19-16-,20-17-,21-18-,28-25-,31-30-,34-33-,37-36-,38-26-,39-27-,45-42-. The van der Waals surface area contributed by atoms with Gasteiger partial charge in [0.2, 0.25) is 0 Å². The van der Waals surface area contributed by atoms with E-state index in [-0.39, 0.29) is 31.1 Å². The Hall–Kier alpha value is -4.45. The van der Waals surface area contributed by atoms with E-state index in [1.165, 1.54) is 51.4 Å². The fraction of sp³-hybridized carbons (Fsp3) is 0.627. The fourth-order valence-electron chi connectivity index (χ4n) is 7.66. The zero-order valence-corrected chi connectivity index (χ0v) is 47.1. The molecule has 0 fully saturated rings. The molecule has 412 valence electrons. The SMILES string of the molecule is CC/C=C\C/C=C\C/C=C\C/C=C\C/C=C\C/C=C\C/C=C\CCCCCC(=O)OCC(COC(=O)CCCCCCC/C=C\C/C=C\CCCCC)OC(=O)CCCCCCC/C=C\C/C=C\CCCCC. The Morgan fingerprint density at radius 1 is 0.288 bits per heavy atom. The summed E-state index contributed by atoms with van der Waals surface area (Å²) in [6, 6.07) is 0. The zero-order valence-electron chi connectivity index (χ0n) is 47.1. The molecule has 73 heavy (non-hydrogen) atoms. The van der Waals surface area contributed by atoms with Crippen molar-refractivity contribution in [2.24, 2.45) is 0 Å². The highest BCUT2D eigenvalue weighted by Gasteiger charge is 2.19. The Bertz CT molecular complexity index is 1580. The van der Waals surface area contributed by atoms with Crippen LogP contribution in [0.15, 0.2) is 134 Å². The van der Waals surface area contributed by atoms with Crippen molar-refractivity contribution >= 4 is 17.9 Å². The van der Waals surface area contributed by atoms with Crippen LogP contribution in [0.1, 0.15) is 252 Å². The van der Waals surface area contributed by atoms with E-state index < -0.39 is 6.10 Å². The molecule has 0 radical (unpaired) electrons. The fourth-order valence-corrected chi connectivity index (χ4v) is 7.66. The minimum absolute atomic E-state index is 0.106. The molecule has 6 nitrogen and oxygen atoms in total. The van der Waals surface area contributed by atoms with E-state index in [1.807, 2.05) is 0 Å². The van der Waals surface area contributed by atoms with Gasteiger partial charge in [-0.3, -0.25) is 14.4 Å². The van der Waals surface area contributed by atoms with E-state index in [2.05, 4.69) is 154 Å². The van der Waals surface area contributed by atoms with Gasteiger partial charge in [0.25, 0.3) is 0 Å². The number of allylic oxidation sites excluding steroid dienone is 22. The Kier molecular flexibility index (Phi) is 56.4. The normalized spacial score (nSPS) is 13.1. The number of hydrogen-bond donors (Lipinski definition) is 0. The second-order valence-corrected chi connectivity index (χ2v) is 19.2. The molecular weight excluding hydrogens is 901 g/mol. The Morgan fingerprint density at radius 2 is 0.534 bits per heavy atom. The first-order valence-corrected chi connectivity index (χ1v) is 29.7. The van der Waals surface area contributed by atoms with Crippen molar-refractivity contribution in [1.29, 1.82) is 0 Å². The second kappa shape index (κ2) is 60.1. The van der Waals surface area contributed by atoms with Crippen LogP contribution in [0.4, 0.5) is 0 Å². The number of carbonyl (C=O) groups excluding carboxylic acids is 3. The zero-order chi connectivity index (χ0) is 52.9. The van der Waals surface area contributed by atoms with Gasteiger partial charge >= 0.3 is 17.9 Å². The summed E-state index contributed by atoms with van der Waals surface area (Å²) in [4.78, 5) is 38.2. The molecule has 6 heteroatoms. The van der Waals surface area contributed by atoms with Crippen LogP contribution >= 0.6 is 0 Å². The second-order valence-electron chi connectivity index (χ2n) is 19.2. The quantitative estimate of drug-likeness (QED) is 0.0261. The van der Waals surface area contributed by atoms with Crippen LogP contribution in [0.25, 0.3) is 0 Å². The predicted molar refractivity (Wildman–Crippen MR) is 316 cm³/mol. The minimum atomic E-state index is -0.811. The van der Waals surface area contributed by atoms with Gasteiger partial charge in [0.15, 0.2) is 6.10 Å². The lowest BCUT2D eigenvalue weighted by molar-refractivity contribution is -0.167. The Morgan fingerprint density at radius 3 is 0.849 bits per heavy atom. The summed E-state index contributed by atoms with van der Waals surface area (Å²) in [5.41, 5.74) is 0. The molecule has 0 saturated heterocycles. The molecule has 0 spiro atoms. The Balaban J connectivity index is 4.48. The molecule has 0 rings (SSSR count). The summed E-state index contributed by atoms with van der Waals surface area (Å²) in [6.45, 7) is 6.41. The molecule has 0 aliphatic heterocycles. The topological polar surface area (TPSA) is 78.9 Å². The van der Waals surface area contributed by atoms with Gasteiger partial charge in [0.05, 0.1) is 0 Å². The van der Waals surface area contributed by atoms with Crippen molar-refractivity contribution in [2.75, 3.05) is 13.2 Å². The van der Waals surface area contributed by atoms with Crippen LogP contribution in [0.3, 0.4) is 0 Å². The molecule has 0 heterocycles. The van der Waals surface area contributed by atoms with Gasteiger partial charge in [0, 0.05) is 19.3 Å². The third-order valence-electron chi connectivity index (χ3n) is 12.1. The first-order valence-electron chi connectivity index (χ1n) is 29.7. The summed E-state index contributed by atoms with van der Waals surface area (Å²) in [7, 11) is 0. The highest BCUT2D eigenvalue weighted by molar-refractivity contribution is 5.71. The van der Waals surface area contributed by atoms with Crippen molar-refractivity contribution < 1.29 is 28.6 Å². The van der Waals surface area contributed by atoms with E-state index in [4.69, 9.17) is 14.2 Å². The average Bonchev–Trinajstić information content (AvgIpc) is 3.39. The molecule has 0 bridgehead atoms. The molecule has 1 unspecified atom stereocenters. The van der Waals surface area contributed by atoms with E-state index >= 15 is 0 Å². The Labute approximate surface area is 449 Å². The van der Waals surface area contributed by atoms with Crippen molar-refractivity contribution in [3.8, 4) is 0 Å². The highest BCUT2D eigenvalue weighted by Crippen LogP contribution is 2.13. The molecule has 0 aliphatic rings. The van der Waals surface area contributed by atoms with Gasteiger partial charge in [-0.1, -0.05) is 225 Å². The largest absolute Gasteiger partial charge is 0.462 e. The number of esters is 3. The number of hydrogen-bond acceptors (Lipinski definition) is 6. The summed E-state index contributed by atoms with van der Waals surface area (Å²) in [5.74, 6) is -0.969. The van der Waals surface area contributed by atoms with Crippen LogP contribution in [0.5, 0.6) is 0 Å². The molecule has 0 aromatic carbocycles. The molecule has 1 atom stereocenters. The summed E-state index contributed by atoms with van der Waals surface area (Å²) >= 11 is 0. The van der Waals surface area contributed by atoms with Crippen molar-refractivity contribution in [1.82, 2.24) is 0 Å². The lowest BCUT2D eigenvalue weighted by atomic mass is 10.1. The van der Waals surface area contributed by atoms with Crippen LogP contribution < -0.4 is 0 Å². The highest BCUT2D eigenvalue weighted by atomic mass is 16.6. The third-order valence-corrected chi connectivity index (χ3v) is 12.1. The predicted octanol–water partition coefficient (Wildman–Crippen LogP) is 20.2. The van der Waals surface area contributed by atoms with Crippen LogP contribution in [0, 0.1) is 0 Å². The maximum atomic E-state index is 12.9. The van der Waals surface area contributed by atoms with Gasteiger partial charge < -0.3 is 14.2 Å². The number of ether oxygens (including phenoxy) is 3. The van der Waals surface area contributed by atoms with Crippen molar-refractivity contribution in [2.45, 2.75) is 258 Å². The first kappa shape index (κ1) is 68.6. The molecule has 0 aliphatic carbocycles. The van der Waals surface area contributed by atoms with Crippen LogP contribution in [-0.4, -0.2) is 37.2 Å². The lowest BCUT2D eigenvalue weighted by Crippen LogP contribution is -2.30. The van der Waals surface area contributed by atoms with E-state index in [0.717, 1.165) is 161 Å². The summed E-state index contributed by atoms with van der Waals surface area (Å²) in [6.07, 6.45) is 84.4. The van der Waals surface area contributed by atoms with Crippen molar-refractivity contribution in [3.05, 3.63) is 134 Å². The first-order chi connectivity index (χ1) is 36.0. The molecular formula is C67H108O6. The number of rotatable bonds is 52. The van der Waals surface area contributed by atoms with E-state index in [1.54, 1.807) is 0 Å². The van der Waals surface area contributed by atoms with Gasteiger partial charge in [-0.2, -0.15) is 0 Å². The minimum Gasteiger partial charge on any atom is -0.462 e. The monoisotopic (exact) mass is 1010 g/mol. The molecule has 0 amide bonds. The van der Waals surface area contributed by atoms with E-state index in [0.29, 0.717) is 19.3 Å². The molecule has 0 aromatic heterocycles. The molecule has 0 N–H and O–H groups in total. The summed E-state index contributed by atoms with van der Waals surface area (Å²) < 4.78 is 16.8. The van der Waals surface area contributed by atoms with E-state index in [9.17, 15) is 14.4 Å². The lowest BCUT2D eigenvalue weighted by Gasteiger charge is -2.18. The molecule has 0 saturated carbocycles. The van der Waals surface area contributed by atoms with Gasteiger partial charge in [-0.05, 0) is 141 Å². The molecule has 0 aromatic rings. The van der Waals surface area contributed by atoms with Gasteiger partial charge in [-0.25, -0.2) is 0 Å².